The highest BCUT2D eigenvalue weighted by Gasteiger charge is 2.33. The van der Waals surface area contributed by atoms with Crippen LogP contribution >= 0.6 is 0 Å². The van der Waals surface area contributed by atoms with Crippen molar-refractivity contribution in [2.75, 3.05) is 24.6 Å². The summed E-state index contributed by atoms with van der Waals surface area (Å²) in [6, 6.07) is 3.94. The van der Waals surface area contributed by atoms with Gasteiger partial charge < -0.3 is 20.5 Å². The van der Waals surface area contributed by atoms with E-state index in [1.54, 1.807) is 6.20 Å². The molecule has 3 N–H and O–H groups in total. The van der Waals surface area contributed by atoms with Gasteiger partial charge >= 0.3 is 0 Å². The van der Waals surface area contributed by atoms with Gasteiger partial charge in [0.05, 0.1) is 18.3 Å². The predicted molar refractivity (Wildman–Crippen MR) is 75.1 cm³/mol. The minimum Gasteiger partial charge on any atom is -0.394 e. The molecule has 106 valence electrons. The first-order valence-corrected chi connectivity index (χ1v) is 6.66. The van der Waals surface area contributed by atoms with E-state index in [4.69, 9.17) is 10.5 Å². The Morgan fingerprint density at radius 3 is 3.00 bits per heavy atom. The summed E-state index contributed by atoms with van der Waals surface area (Å²) in [5, 5.41) is 9.34. The van der Waals surface area contributed by atoms with Crippen LogP contribution in [0, 0.1) is 0 Å². The third kappa shape index (κ3) is 3.43. The number of aromatic nitrogens is 1. The molecule has 0 aromatic carbocycles. The van der Waals surface area contributed by atoms with Crippen molar-refractivity contribution in [1.82, 2.24) is 4.98 Å². The maximum atomic E-state index is 9.34. The molecule has 1 fully saturated rings. The van der Waals surface area contributed by atoms with E-state index in [-0.39, 0.29) is 24.4 Å². The lowest BCUT2D eigenvalue weighted by Gasteiger charge is -2.43. The van der Waals surface area contributed by atoms with Crippen LogP contribution in [0.5, 0.6) is 0 Å². The number of morpholine rings is 1. The van der Waals surface area contributed by atoms with Gasteiger partial charge in [0.2, 0.25) is 0 Å². The summed E-state index contributed by atoms with van der Waals surface area (Å²) >= 11 is 0. The van der Waals surface area contributed by atoms with Gasteiger partial charge in [0.15, 0.2) is 0 Å². The number of ether oxygens (including phenoxy) is 1. The molecular formula is C14H23N3O2. The second-order valence-electron chi connectivity index (χ2n) is 5.80. The first-order chi connectivity index (χ1) is 8.91. The van der Waals surface area contributed by atoms with Crippen molar-refractivity contribution in [2.45, 2.75) is 38.5 Å². The third-order valence-electron chi connectivity index (χ3n) is 3.30. The Morgan fingerprint density at radius 1 is 1.63 bits per heavy atom. The van der Waals surface area contributed by atoms with Crippen molar-refractivity contribution >= 4 is 5.82 Å². The summed E-state index contributed by atoms with van der Waals surface area (Å²) in [5.74, 6) is 0.893. The van der Waals surface area contributed by atoms with E-state index in [1.165, 1.54) is 0 Å². The van der Waals surface area contributed by atoms with Gasteiger partial charge in [0.1, 0.15) is 5.82 Å². The summed E-state index contributed by atoms with van der Waals surface area (Å²) < 4.78 is 5.81. The molecule has 1 aromatic rings. The molecule has 0 amide bonds. The van der Waals surface area contributed by atoms with Crippen molar-refractivity contribution in [3.8, 4) is 0 Å². The molecule has 2 unspecified atom stereocenters. The van der Waals surface area contributed by atoms with Gasteiger partial charge in [-0.15, -0.1) is 0 Å². The molecule has 2 rings (SSSR count). The van der Waals surface area contributed by atoms with E-state index in [9.17, 15) is 5.11 Å². The van der Waals surface area contributed by atoms with Gasteiger partial charge in [-0.1, -0.05) is 0 Å². The minimum atomic E-state index is -0.294. The van der Waals surface area contributed by atoms with E-state index >= 15 is 0 Å². The summed E-state index contributed by atoms with van der Waals surface area (Å²) in [6.45, 7) is 7.43. The standard InChI is InChI=1S/C14H23N3O2/c1-10(15)11-4-5-16-13(6-11)17-7-12(8-18)19-14(2,3)9-17/h4-6,10,12,18H,7-9,15H2,1-3H3. The lowest BCUT2D eigenvalue weighted by Crippen LogP contribution is -2.54. The van der Waals surface area contributed by atoms with Crippen LogP contribution in [0.15, 0.2) is 18.3 Å². The fourth-order valence-electron chi connectivity index (χ4n) is 2.46. The first-order valence-electron chi connectivity index (χ1n) is 6.66. The highest BCUT2D eigenvalue weighted by Crippen LogP contribution is 2.25. The molecule has 0 radical (unpaired) electrons. The monoisotopic (exact) mass is 265 g/mol. The fraction of sp³-hybridized carbons (Fsp3) is 0.643. The van der Waals surface area contributed by atoms with E-state index in [0.717, 1.165) is 17.9 Å². The van der Waals surface area contributed by atoms with Crippen LogP contribution in [-0.2, 0) is 4.74 Å². The molecule has 0 aliphatic carbocycles. The smallest absolute Gasteiger partial charge is 0.128 e. The predicted octanol–water partition coefficient (Wildman–Crippen LogP) is 1.08. The Kier molecular flexibility index (Phi) is 4.08. The summed E-state index contributed by atoms with van der Waals surface area (Å²) in [6.07, 6.45) is 1.61. The van der Waals surface area contributed by atoms with Crippen LogP contribution < -0.4 is 10.6 Å². The normalized spacial score (nSPS) is 24.3. The van der Waals surface area contributed by atoms with Crippen LogP contribution in [0.1, 0.15) is 32.4 Å². The van der Waals surface area contributed by atoms with Crippen LogP contribution in [0.25, 0.3) is 0 Å². The lowest BCUT2D eigenvalue weighted by molar-refractivity contribution is -0.101. The first kappa shape index (κ1) is 14.2. The minimum absolute atomic E-state index is 0.00978. The number of aliphatic hydroxyl groups is 1. The number of aliphatic hydroxyl groups excluding tert-OH is 1. The zero-order valence-electron chi connectivity index (χ0n) is 11.8. The topological polar surface area (TPSA) is 71.6 Å². The number of anilines is 1. The molecule has 1 aliphatic heterocycles. The van der Waals surface area contributed by atoms with Crippen molar-refractivity contribution < 1.29 is 9.84 Å². The summed E-state index contributed by atoms with van der Waals surface area (Å²) in [5.41, 5.74) is 6.68. The van der Waals surface area contributed by atoms with Crippen LogP contribution in [-0.4, -0.2) is 41.5 Å². The molecule has 1 saturated heterocycles. The molecule has 5 nitrogen and oxygen atoms in total. The SMILES string of the molecule is CC(N)c1ccnc(N2CC(CO)OC(C)(C)C2)c1. The Hall–Kier alpha value is -1.17. The molecule has 0 saturated carbocycles. The summed E-state index contributed by atoms with van der Waals surface area (Å²) in [7, 11) is 0. The van der Waals surface area contributed by atoms with Gasteiger partial charge in [-0.3, -0.25) is 0 Å². The molecule has 2 heterocycles. The Labute approximate surface area is 114 Å². The molecule has 1 aromatic heterocycles. The van der Waals surface area contributed by atoms with E-state index in [1.807, 2.05) is 32.9 Å². The quantitative estimate of drug-likeness (QED) is 0.855. The molecule has 1 aliphatic rings. The van der Waals surface area contributed by atoms with Crippen molar-refractivity contribution in [2.24, 2.45) is 5.73 Å². The number of pyridine rings is 1. The third-order valence-corrected chi connectivity index (χ3v) is 3.30. The molecule has 2 atom stereocenters. The summed E-state index contributed by atoms with van der Waals surface area (Å²) in [4.78, 5) is 6.56. The van der Waals surface area contributed by atoms with E-state index < -0.39 is 0 Å². The average molecular weight is 265 g/mol. The number of hydrogen-bond donors (Lipinski definition) is 2. The number of rotatable bonds is 3. The van der Waals surface area contributed by atoms with Gasteiger partial charge in [-0.05, 0) is 38.5 Å². The van der Waals surface area contributed by atoms with E-state index in [0.29, 0.717) is 6.54 Å². The maximum absolute atomic E-state index is 9.34. The molecule has 5 heteroatoms. The Balaban J connectivity index is 2.22. The highest BCUT2D eigenvalue weighted by atomic mass is 16.5. The molecule has 0 spiro atoms. The lowest BCUT2D eigenvalue weighted by atomic mass is 10.0. The largest absolute Gasteiger partial charge is 0.394 e. The number of nitrogens with zero attached hydrogens (tertiary/aromatic N) is 2. The zero-order valence-corrected chi connectivity index (χ0v) is 11.8. The molecule has 0 bridgehead atoms. The van der Waals surface area contributed by atoms with Gasteiger partial charge in [-0.2, -0.15) is 0 Å². The second-order valence-corrected chi connectivity index (χ2v) is 5.80. The van der Waals surface area contributed by atoms with Crippen LogP contribution in [0.2, 0.25) is 0 Å². The maximum Gasteiger partial charge on any atom is 0.128 e. The fourth-order valence-corrected chi connectivity index (χ4v) is 2.46. The van der Waals surface area contributed by atoms with Crippen molar-refractivity contribution in [3.63, 3.8) is 0 Å². The van der Waals surface area contributed by atoms with Gasteiger partial charge in [-0.25, -0.2) is 4.98 Å². The van der Waals surface area contributed by atoms with E-state index in [2.05, 4.69) is 9.88 Å². The molecular weight excluding hydrogens is 242 g/mol. The second kappa shape index (κ2) is 5.45. The van der Waals surface area contributed by atoms with Crippen molar-refractivity contribution in [1.29, 1.82) is 0 Å². The van der Waals surface area contributed by atoms with Gasteiger partial charge in [0.25, 0.3) is 0 Å². The highest BCUT2D eigenvalue weighted by molar-refractivity contribution is 5.43. The van der Waals surface area contributed by atoms with Gasteiger partial charge in [0, 0.05) is 25.3 Å². The van der Waals surface area contributed by atoms with Crippen molar-refractivity contribution in [3.05, 3.63) is 23.9 Å². The Morgan fingerprint density at radius 2 is 2.37 bits per heavy atom. The Bertz CT molecular complexity index is 434. The number of nitrogens with two attached hydrogens (primary N) is 1. The average Bonchev–Trinajstić information content (AvgIpc) is 2.37. The molecule has 19 heavy (non-hydrogen) atoms. The van der Waals surface area contributed by atoms with Crippen LogP contribution in [0.3, 0.4) is 0 Å². The van der Waals surface area contributed by atoms with Crippen LogP contribution in [0.4, 0.5) is 5.82 Å². The number of hydrogen-bond acceptors (Lipinski definition) is 5. The zero-order chi connectivity index (χ0) is 14.0.